The first kappa shape index (κ1) is 13.9. The Hall–Kier alpha value is -0.560. The van der Waals surface area contributed by atoms with Crippen LogP contribution in [0, 0.1) is 0 Å². The zero-order chi connectivity index (χ0) is 13.2. The van der Waals surface area contributed by atoms with E-state index in [4.69, 9.17) is 0 Å². The second-order valence-corrected chi connectivity index (χ2v) is 7.35. The Morgan fingerprint density at radius 1 is 1.17 bits per heavy atom. The lowest BCUT2D eigenvalue weighted by Gasteiger charge is -2.29. The summed E-state index contributed by atoms with van der Waals surface area (Å²) in [6, 6.07) is 7.12. The van der Waals surface area contributed by atoms with Gasteiger partial charge < -0.3 is 4.90 Å². The molecule has 1 heterocycles. The van der Waals surface area contributed by atoms with Crippen molar-refractivity contribution in [2.45, 2.75) is 9.79 Å². The summed E-state index contributed by atoms with van der Waals surface area (Å²) >= 11 is 1.61. The number of hydrogen-bond donors (Lipinski definition) is 1. The number of likely N-dealkylation sites (N-methyl/N-ethyl adjacent to an activating group) is 1. The molecular formula is C12H19N2O2S2+. The first-order valence-electron chi connectivity index (χ1n) is 5.99. The van der Waals surface area contributed by atoms with Crippen molar-refractivity contribution in [3.05, 3.63) is 24.3 Å². The van der Waals surface area contributed by atoms with Gasteiger partial charge in [0.05, 0.1) is 38.1 Å². The lowest BCUT2D eigenvalue weighted by Crippen LogP contribution is -3.12. The molecular weight excluding hydrogens is 268 g/mol. The van der Waals surface area contributed by atoms with Crippen LogP contribution in [-0.4, -0.2) is 52.2 Å². The molecule has 1 aliphatic rings. The number of nitrogens with one attached hydrogen (secondary N) is 1. The highest BCUT2D eigenvalue weighted by Gasteiger charge is 2.28. The van der Waals surface area contributed by atoms with Gasteiger partial charge in [0.2, 0.25) is 10.0 Å². The molecule has 6 heteroatoms. The molecule has 1 N–H and O–H groups in total. The van der Waals surface area contributed by atoms with Gasteiger partial charge in [0.25, 0.3) is 0 Å². The number of nitrogens with zero attached hydrogens (tertiary/aromatic N) is 1. The molecule has 0 aliphatic carbocycles. The molecule has 1 aromatic rings. The summed E-state index contributed by atoms with van der Waals surface area (Å²) in [6.07, 6.45) is 1.98. The molecule has 0 atom stereocenters. The Balaban J connectivity index is 2.19. The lowest BCUT2D eigenvalue weighted by molar-refractivity contribution is -0.883. The van der Waals surface area contributed by atoms with Crippen LogP contribution in [0.15, 0.2) is 34.1 Å². The fourth-order valence-corrected chi connectivity index (χ4v) is 3.85. The minimum Gasteiger partial charge on any atom is -0.335 e. The summed E-state index contributed by atoms with van der Waals surface area (Å²) < 4.78 is 26.4. The predicted molar refractivity (Wildman–Crippen MR) is 73.6 cm³/mol. The molecule has 0 radical (unpaired) electrons. The average molecular weight is 287 g/mol. The third-order valence-corrected chi connectivity index (χ3v) is 5.93. The Morgan fingerprint density at radius 2 is 1.72 bits per heavy atom. The van der Waals surface area contributed by atoms with Gasteiger partial charge in [-0.25, -0.2) is 8.42 Å². The van der Waals surface area contributed by atoms with Crippen molar-refractivity contribution < 1.29 is 13.3 Å². The van der Waals surface area contributed by atoms with Crippen molar-refractivity contribution in [2.24, 2.45) is 0 Å². The fraction of sp³-hybridized carbons (Fsp3) is 0.500. The van der Waals surface area contributed by atoms with Crippen LogP contribution in [-0.2, 0) is 10.0 Å². The normalized spacial score (nSPS) is 19.0. The zero-order valence-electron chi connectivity index (χ0n) is 10.7. The van der Waals surface area contributed by atoms with Gasteiger partial charge in [0, 0.05) is 4.90 Å². The first-order valence-corrected chi connectivity index (χ1v) is 8.66. The third-order valence-electron chi connectivity index (χ3n) is 3.27. The molecule has 0 amide bonds. The average Bonchev–Trinajstić information content (AvgIpc) is 2.39. The summed E-state index contributed by atoms with van der Waals surface area (Å²) in [5.41, 5.74) is 0. The van der Waals surface area contributed by atoms with E-state index in [0.717, 1.165) is 18.0 Å². The second kappa shape index (κ2) is 5.61. The van der Waals surface area contributed by atoms with Gasteiger partial charge in [-0.15, -0.1) is 11.8 Å². The lowest BCUT2D eigenvalue weighted by atomic mass is 10.4. The monoisotopic (exact) mass is 287 g/mol. The SMILES string of the molecule is CSc1ccc(S(=O)(=O)N2CC[NH+](C)CC2)cc1. The molecule has 0 unspecified atom stereocenters. The molecule has 1 aliphatic heterocycles. The molecule has 0 saturated carbocycles. The van der Waals surface area contributed by atoms with Crippen LogP contribution >= 0.6 is 11.8 Å². The Morgan fingerprint density at radius 3 is 2.22 bits per heavy atom. The molecule has 1 saturated heterocycles. The summed E-state index contributed by atoms with van der Waals surface area (Å²) in [5, 5.41) is 0. The zero-order valence-corrected chi connectivity index (χ0v) is 12.4. The number of rotatable bonds is 3. The van der Waals surface area contributed by atoms with Crippen molar-refractivity contribution in [1.82, 2.24) is 4.31 Å². The van der Waals surface area contributed by atoms with E-state index >= 15 is 0 Å². The third kappa shape index (κ3) is 2.88. The number of sulfonamides is 1. The highest BCUT2D eigenvalue weighted by molar-refractivity contribution is 7.98. The van der Waals surface area contributed by atoms with Crippen LogP contribution in [0.5, 0.6) is 0 Å². The van der Waals surface area contributed by atoms with Crippen LogP contribution in [0.4, 0.5) is 0 Å². The molecule has 1 aromatic carbocycles. The minimum absolute atomic E-state index is 0.403. The standard InChI is InChI=1S/C12H18N2O2S2/c1-13-7-9-14(10-8-13)18(15,16)12-5-3-11(17-2)4-6-12/h3-6H,7-10H2,1-2H3/p+1. The second-order valence-electron chi connectivity index (χ2n) is 4.54. The van der Waals surface area contributed by atoms with Gasteiger partial charge >= 0.3 is 0 Å². The van der Waals surface area contributed by atoms with E-state index in [-0.39, 0.29) is 0 Å². The number of benzene rings is 1. The van der Waals surface area contributed by atoms with Crippen molar-refractivity contribution >= 4 is 21.8 Å². The minimum atomic E-state index is -3.30. The van der Waals surface area contributed by atoms with E-state index in [1.165, 1.54) is 4.90 Å². The molecule has 100 valence electrons. The fourth-order valence-electron chi connectivity index (χ4n) is 2.01. The van der Waals surface area contributed by atoms with Gasteiger partial charge in [0.15, 0.2) is 0 Å². The number of thioether (sulfide) groups is 1. The molecule has 1 fully saturated rings. The first-order chi connectivity index (χ1) is 8.54. The van der Waals surface area contributed by atoms with Gasteiger partial charge in [-0.3, -0.25) is 0 Å². The predicted octanol–water partition coefficient (Wildman–Crippen LogP) is -0.0725. The molecule has 18 heavy (non-hydrogen) atoms. The molecule has 0 spiro atoms. The van der Waals surface area contributed by atoms with E-state index in [1.54, 1.807) is 28.2 Å². The highest BCUT2D eigenvalue weighted by Crippen LogP contribution is 2.20. The van der Waals surface area contributed by atoms with Crippen LogP contribution in [0.1, 0.15) is 0 Å². The quantitative estimate of drug-likeness (QED) is 0.791. The largest absolute Gasteiger partial charge is 0.335 e. The molecule has 4 nitrogen and oxygen atoms in total. The van der Waals surface area contributed by atoms with Crippen molar-refractivity contribution in [3.63, 3.8) is 0 Å². The van der Waals surface area contributed by atoms with Gasteiger partial charge in [-0.2, -0.15) is 4.31 Å². The van der Waals surface area contributed by atoms with E-state index in [1.807, 2.05) is 18.4 Å². The Bertz CT molecular complexity index is 491. The van der Waals surface area contributed by atoms with Crippen LogP contribution in [0.2, 0.25) is 0 Å². The maximum absolute atomic E-state index is 12.4. The number of piperazine rings is 1. The van der Waals surface area contributed by atoms with Crippen LogP contribution in [0.25, 0.3) is 0 Å². The summed E-state index contributed by atoms with van der Waals surface area (Å²) in [5.74, 6) is 0. The summed E-state index contributed by atoms with van der Waals surface area (Å²) in [6.45, 7) is 2.97. The van der Waals surface area contributed by atoms with Gasteiger partial charge in [-0.05, 0) is 30.5 Å². The number of hydrogen-bond acceptors (Lipinski definition) is 3. The Kier molecular flexibility index (Phi) is 4.32. The maximum Gasteiger partial charge on any atom is 0.243 e. The van der Waals surface area contributed by atoms with Crippen molar-refractivity contribution in [1.29, 1.82) is 0 Å². The summed E-state index contributed by atoms with van der Waals surface area (Å²) in [4.78, 5) is 2.87. The van der Waals surface area contributed by atoms with Crippen LogP contribution < -0.4 is 4.90 Å². The van der Waals surface area contributed by atoms with Gasteiger partial charge in [-0.1, -0.05) is 0 Å². The maximum atomic E-state index is 12.4. The van der Waals surface area contributed by atoms with Crippen molar-refractivity contribution in [2.75, 3.05) is 39.5 Å². The van der Waals surface area contributed by atoms with E-state index in [9.17, 15) is 8.42 Å². The van der Waals surface area contributed by atoms with Crippen molar-refractivity contribution in [3.8, 4) is 0 Å². The van der Waals surface area contributed by atoms with Crippen LogP contribution in [0.3, 0.4) is 0 Å². The Labute approximate surface area is 113 Å². The summed E-state index contributed by atoms with van der Waals surface area (Å²) in [7, 11) is -1.21. The van der Waals surface area contributed by atoms with Gasteiger partial charge in [0.1, 0.15) is 0 Å². The van der Waals surface area contributed by atoms with E-state index in [0.29, 0.717) is 18.0 Å². The van der Waals surface area contributed by atoms with E-state index < -0.39 is 10.0 Å². The highest BCUT2D eigenvalue weighted by atomic mass is 32.2. The topological polar surface area (TPSA) is 41.8 Å². The number of quaternary nitrogens is 1. The van der Waals surface area contributed by atoms with E-state index in [2.05, 4.69) is 7.05 Å². The molecule has 0 bridgehead atoms. The molecule has 2 rings (SSSR count). The smallest absolute Gasteiger partial charge is 0.243 e. The molecule has 0 aromatic heterocycles.